The Balaban J connectivity index is 1.56. The van der Waals surface area contributed by atoms with Crippen LogP contribution in [0.4, 0.5) is 0 Å². The summed E-state index contributed by atoms with van der Waals surface area (Å²) in [6.45, 7) is 3.09. The molecule has 0 heterocycles. The molecule has 0 saturated carbocycles. The minimum Gasteiger partial charge on any atom is -0.481 e. The predicted octanol–water partition coefficient (Wildman–Crippen LogP) is 6.23. The number of hydrogen-bond acceptors (Lipinski definition) is 2. The van der Waals surface area contributed by atoms with E-state index in [1.807, 2.05) is 78.6 Å². The molecule has 0 radical (unpaired) electrons. The Hall–Kier alpha value is -3.59. The Morgan fingerprint density at radius 1 is 0.742 bits per heavy atom. The Morgan fingerprint density at radius 3 is 1.87 bits per heavy atom. The van der Waals surface area contributed by atoms with Gasteiger partial charge in [0.2, 0.25) is 0 Å². The quantitative estimate of drug-likeness (QED) is 0.345. The van der Waals surface area contributed by atoms with Crippen molar-refractivity contribution in [1.82, 2.24) is 4.90 Å². The van der Waals surface area contributed by atoms with Gasteiger partial charge in [-0.3, -0.25) is 4.79 Å². The van der Waals surface area contributed by atoms with Crippen molar-refractivity contribution in [2.24, 2.45) is 0 Å². The molecule has 0 N–H and O–H groups in total. The summed E-state index contributed by atoms with van der Waals surface area (Å²) in [5, 5.41) is 2.26. The molecule has 4 rings (SSSR count). The van der Waals surface area contributed by atoms with Crippen molar-refractivity contribution in [2.45, 2.75) is 32.5 Å². The Bertz CT molecular complexity index is 1080. The predicted molar refractivity (Wildman–Crippen MR) is 126 cm³/mol. The van der Waals surface area contributed by atoms with E-state index in [4.69, 9.17) is 4.74 Å². The molecule has 0 aromatic heterocycles. The van der Waals surface area contributed by atoms with Gasteiger partial charge in [-0.1, -0.05) is 97.9 Å². The van der Waals surface area contributed by atoms with Gasteiger partial charge in [0, 0.05) is 13.1 Å². The monoisotopic (exact) mass is 409 g/mol. The molecule has 0 aliphatic rings. The number of hydrogen-bond donors (Lipinski definition) is 0. The van der Waals surface area contributed by atoms with Crippen LogP contribution in [0, 0.1) is 0 Å². The smallest absolute Gasteiger partial charge is 0.264 e. The highest BCUT2D eigenvalue weighted by molar-refractivity contribution is 5.84. The maximum absolute atomic E-state index is 13.6. The summed E-state index contributed by atoms with van der Waals surface area (Å²) in [5.41, 5.74) is 2.21. The lowest BCUT2D eigenvalue weighted by Gasteiger charge is -2.28. The third-order valence-electron chi connectivity index (χ3n) is 5.39. The first-order valence-electron chi connectivity index (χ1n) is 10.7. The second-order valence-electron chi connectivity index (χ2n) is 7.69. The first kappa shape index (κ1) is 20.7. The van der Waals surface area contributed by atoms with Gasteiger partial charge in [-0.15, -0.1) is 0 Å². The Morgan fingerprint density at radius 2 is 1.29 bits per heavy atom. The molecule has 156 valence electrons. The molecule has 0 spiro atoms. The van der Waals surface area contributed by atoms with Crippen molar-refractivity contribution >= 4 is 16.7 Å². The van der Waals surface area contributed by atoms with E-state index in [0.29, 0.717) is 19.5 Å². The Kier molecular flexibility index (Phi) is 6.63. The molecular weight excluding hydrogens is 382 g/mol. The molecule has 31 heavy (non-hydrogen) atoms. The highest BCUT2D eigenvalue weighted by Crippen LogP contribution is 2.23. The van der Waals surface area contributed by atoms with Crippen LogP contribution in [0.15, 0.2) is 103 Å². The second-order valence-corrected chi connectivity index (χ2v) is 7.69. The third-order valence-corrected chi connectivity index (χ3v) is 5.39. The van der Waals surface area contributed by atoms with Gasteiger partial charge in [0.15, 0.2) is 6.10 Å². The summed E-state index contributed by atoms with van der Waals surface area (Å²) >= 11 is 0. The van der Waals surface area contributed by atoms with Gasteiger partial charge in [0.1, 0.15) is 5.75 Å². The summed E-state index contributed by atoms with van der Waals surface area (Å²) < 4.78 is 6.20. The maximum Gasteiger partial charge on any atom is 0.264 e. The van der Waals surface area contributed by atoms with Crippen molar-refractivity contribution in [3.05, 3.63) is 114 Å². The summed E-state index contributed by atoms with van der Waals surface area (Å²) in [6.07, 6.45) is 0.0692. The van der Waals surface area contributed by atoms with Gasteiger partial charge in [-0.25, -0.2) is 0 Å². The average Bonchev–Trinajstić information content (AvgIpc) is 2.83. The molecule has 3 nitrogen and oxygen atoms in total. The van der Waals surface area contributed by atoms with E-state index in [0.717, 1.165) is 27.6 Å². The number of fused-ring (bicyclic) bond motifs is 1. The molecule has 3 heteroatoms. The third kappa shape index (κ3) is 5.32. The molecule has 1 amide bonds. The maximum atomic E-state index is 13.6. The van der Waals surface area contributed by atoms with Gasteiger partial charge < -0.3 is 9.64 Å². The van der Waals surface area contributed by atoms with E-state index in [1.165, 1.54) is 0 Å². The van der Waals surface area contributed by atoms with Crippen molar-refractivity contribution in [1.29, 1.82) is 0 Å². The van der Waals surface area contributed by atoms with Gasteiger partial charge in [0.05, 0.1) is 0 Å². The van der Waals surface area contributed by atoms with Crippen LogP contribution in [0.2, 0.25) is 0 Å². The minimum absolute atomic E-state index is 0.00312. The van der Waals surface area contributed by atoms with Crippen molar-refractivity contribution in [2.75, 3.05) is 0 Å². The zero-order valence-electron chi connectivity index (χ0n) is 17.8. The summed E-state index contributed by atoms with van der Waals surface area (Å²) in [4.78, 5) is 15.4. The summed E-state index contributed by atoms with van der Waals surface area (Å²) in [6, 6.07) is 34.3. The first-order chi connectivity index (χ1) is 15.2. The molecule has 0 aliphatic heterocycles. The number of ether oxygens (including phenoxy) is 1. The lowest BCUT2D eigenvalue weighted by molar-refractivity contribution is -0.140. The molecule has 0 aliphatic carbocycles. The minimum atomic E-state index is -0.534. The van der Waals surface area contributed by atoms with E-state index >= 15 is 0 Å². The van der Waals surface area contributed by atoms with Crippen LogP contribution in [0.1, 0.15) is 24.5 Å². The highest BCUT2D eigenvalue weighted by atomic mass is 16.5. The van der Waals surface area contributed by atoms with Crippen molar-refractivity contribution in [3.8, 4) is 5.75 Å². The molecule has 0 saturated heterocycles. The largest absolute Gasteiger partial charge is 0.481 e. The van der Waals surface area contributed by atoms with E-state index in [1.54, 1.807) is 0 Å². The van der Waals surface area contributed by atoms with E-state index in [9.17, 15) is 4.79 Å². The van der Waals surface area contributed by atoms with Gasteiger partial charge >= 0.3 is 0 Å². The standard InChI is InChI=1S/C28H27NO2/c1-2-27(31-26-18-17-24-15-9-10-16-25(24)19-26)28(30)29(20-22-11-5-3-6-12-22)21-23-13-7-4-8-14-23/h3-19,27H,2,20-21H2,1H3. The molecule has 1 unspecified atom stereocenters. The van der Waals surface area contributed by atoms with Gasteiger partial charge in [0.25, 0.3) is 5.91 Å². The number of benzene rings is 4. The van der Waals surface area contributed by atoms with E-state index in [2.05, 4.69) is 36.4 Å². The number of nitrogens with zero attached hydrogens (tertiary/aromatic N) is 1. The number of amides is 1. The zero-order valence-corrected chi connectivity index (χ0v) is 17.8. The Labute approximate surface area is 183 Å². The lowest BCUT2D eigenvalue weighted by atomic mass is 10.1. The highest BCUT2D eigenvalue weighted by Gasteiger charge is 2.25. The van der Waals surface area contributed by atoms with Gasteiger partial charge in [-0.05, 0) is 40.5 Å². The normalized spacial score (nSPS) is 11.8. The summed E-state index contributed by atoms with van der Waals surface area (Å²) in [7, 11) is 0. The van der Waals surface area contributed by atoms with Crippen molar-refractivity contribution in [3.63, 3.8) is 0 Å². The van der Waals surface area contributed by atoms with Gasteiger partial charge in [-0.2, -0.15) is 0 Å². The van der Waals surface area contributed by atoms with E-state index < -0.39 is 6.10 Å². The zero-order chi connectivity index (χ0) is 21.5. The fourth-order valence-corrected chi connectivity index (χ4v) is 3.74. The van der Waals surface area contributed by atoms with E-state index in [-0.39, 0.29) is 5.91 Å². The van der Waals surface area contributed by atoms with Crippen LogP contribution in [-0.4, -0.2) is 16.9 Å². The average molecular weight is 410 g/mol. The summed E-state index contributed by atoms with van der Waals surface area (Å²) in [5.74, 6) is 0.724. The number of carbonyl (C=O) groups excluding carboxylic acids is 1. The lowest BCUT2D eigenvalue weighted by Crippen LogP contribution is -2.41. The SMILES string of the molecule is CCC(Oc1ccc2ccccc2c1)C(=O)N(Cc1ccccc1)Cc1ccccc1. The second kappa shape index (κ2) is 9.94. The molecule has 0 fully saturated rings. The first-order valence-corrected chi connectivity index (χ1v) is 10.7. The van der Waals surface area contributed by atoms with Crippen LogP contribution < -0.4 is 4.74 Å². The van der Waals surface area contributed by atoms with Crippen LogP contribution >= 0.6 is 0 Å². The number of carbonyl (C=O) groups is 1. The fourth-order valence-electron chi connectivity index (χ4n) is 3.74. The number of rotatable bonds is 8. The molecule has 0 bridgehead atoms. The van der Waals surface area contributed by atoms with Crippen LogP contribution in [-0.2, 0) is 17.9 Å². The van der Waals surface area contributed by atoms with Crippen molar-refractivity contribution < 1.29 is 9.53 Å². The molecular formula is C28H27NO2. The van der Waals surface area contributed by atoms with Crippen LogP contribution in [0.5, 0.6) is 5.75 Å². The van der Waals surface area contributed by atoms with Crippen LogP contribution in [0.3, 0.4) is 0 Å². The molecule has 4 aromatic carbocycles. The molecule has 1 atom stereocenters. The topological polar surface area (TPSA) is 29.5 Å². The molecule has 4 aromatic rings. The fraction of sp³-hybridized carbons (Fsp3) is 0.179. The van der Waals surface area contributed by atoms with Crippen LogP contribution in [0.25, 0.3) is 10.8 Å².